The van der Waals surface area contributed by atoms with E-state index in [9.17, 15) is 4.79 Å². The van der Waals surface area contributed by atoms with Crippen LogP contribution >= 0.6 is 23.2 Å². The van der Waals surface area contributed by atoms with E-state index < -0.39 is 11.6 Å². The van der Waals surface area contributed by atoms with Gasteiger partial charge in [-0.25, -0.2) is 4.79 Å². The van der Waals surface area contributed by atoms with E-state index in [0.29, 0.717) is 10.6 Å². The second-order valence-electron chi connectivity index (χ2n) is 4.91. The van der Waals surface area contributed by atoms with Crippen molar-refractivity contribution >= 4 is 35.2 Å². The molecule has 0 bridgehead atoms. The molecular weight excluding hydrogens is 287 g/mol. The number of aliphatic hydroxyl groups is 1. The minimum absolute atomic E-state index is 0.136. The summed E-state index contributed by atoms with van der Waals surface area (Å²) in [6.45, 7) is 5.20. The van der Waals surface area contributed by atoms with Gasteiger partial charge in [-0.15, -0.1) is 0 Å². The first kappa shape index (κ1) is 16.0. The van der Waals surface area contributed by atoms with Crippen molar-refractivity contribution in [2.75, 3.05) is 6.61 Å². The Balaban J connectivity index is 3.17. The van der Waals surface area contributed by atoms with Crippen LogP contribution in [0.1, 0.15) is 36.7 Å². The van der Waals surface area contributed by atoms with Crippen LogP contribution in [-0.2, 0) is 4.74 Å². The van der Waals surface area contributed by atoms with Crippen molar-refractivity contribution in [3.05, 3.63) is 39.4 Å². The minimum Gasteiger partial charge on any atom is -0.456 e. The Kier molecular flexibility index (Phi) is 5.41. The summed E-state index contributed by atoms with van der Waals surface area (Å²) in [5.74, 6) is -0.507. The third-order valence-corrected chi connectivity index (χ3v) is 2.87. The second-order valence-corrected chi connectivity index (χ2v) is 5.69. The Hall–Kier alpha value is -1.03. The molecule has 0 aliphatic rings. The number of halogens is 2. The van der Waals surface area contributed by atoms with Crippen molar-refractivity contribution < 1.29 is 14.6 Å². The lowest BCUT2D eigenvalue weighted by atomic mass is 10.1. The third-order valence-electron chi connectivity index (χ3n) is 2.14. The van der Waals surface area contributed by atoms with Crippen LogP contribution in [0.3, 0.4) is 0 Å². The molecule has 0 radical (unpaired) electrons. The van der Waals surface area contributed by atoms with Gasteiger partial charge in [-0.1, -0.05) is 35.4 Å². The van der Waals surface area contributed by atoms with Crippen molar-refractivity contribution in [1.29, 1.82) is 0 Å². The number of rotatable bonds is 3. The highest BCUT2D eigenvalue weighted by Crippen LogP contribution is 2.30. The molecule has 104 valence electrons. The lowest BCUT2D eigenvalue weighted by Gasteiger charge is -2.20. The standard InChI is InChI=1S/C14H16Cl2O3/c1-14(2,3)19-13(18)10-6-7-11(15)9(12(10)16)5-4-8-17/h4-7,17H,8H2,1-3H3/b5-4+. The lowest BCUT2D eigenvalue weighted by Crippen LogP contribution is -2.24. The van der Waals surface area contributed by atoms with Gasteiger partial charge in [0.05, 0.1) is 17.2 Å². The van der Waals surface area contributed by atoms with E-state index in [-0.39, 0.29) is 17.2 Å². The number of hydrogen-bond donors (Lipinski definition) is 1. The number of benzene rings is 1. The summed E-state index contributed by atoms with van der Waals surface area (Å²) in [5.41, 5.74) is 0.139. The molecular formula is C14H16Cl2O3. The van der Waals surface area contributed by atoms with Crippen molar-refractivity contribution in [1.82, 2.24) is 0 Å². The predicted molar refractivity (Wildman–Crippen MR) is 77.8 cm³/mol. The fourth-order valence-corrected chi connectivity index (χ4v) is 1.96. The molecule has 0 spiro atoms. The first-order valence-electron chi connectivity index (χ1n) is 5.75. The van der Waals surface area contributed by atoms with Gasteiger partial charge in [0.15, 0.2) is 0 Å². The smallest absolute Gasteiger partial charge is 0.340 e. The minimum atomic E-state index is -0.596. The number of carbonyl (C=O) groups is 1. The van der Waals surface area contributed by atoms with Gasteiger partial charge >= 0.3 is 5.97 Å². The summed E-state index contributed by atoms with van der Waals surface area (Å²) >= 11 is 12.2. The van der Waals surface area contributed by atoms with Gasteiger partial charge in [0.1, 0.15) is 5.60 Å². The first-order chi connectivity index (χ1) is 8.76. The number of aliphatic hydroxyl groups excluding tert-OH is 1. The average Bonchev–Trinajstić information content (AvgIpc) is 2.26. The van der Waals surface area contributed by atoms with E-state index in [2.05, 4.69) is 0 Å². The first-order valence-corrected chi connectivity index (χ1v) is 6.50. The van der Waals surface area contributed by atoms with Crippen LogP contribution in [0.4, 0.5) is 0 Å². The van der Waals surface area contributed by atoms with Gasteiger partial charge in [0.25, 0.3) is 0 Å². The van der Waals surface area contributed by atoms with Gasteiger partial charge in [0.2, 0.25) is 0 Å². The topological polar surface area (TPSA) is 46.5 Å². The third kappa shape index (κ3) is 4.53. The molecule has 0 aliphatic heterocycles. The summed E-state index contributed by atoms with van der Waals surface area (Å²) in [5, 5.41) is 9.40. The van der Waals surface area contributed by atoms with Crippen LogP contribution in [0, 0.1) is 0 Å². The molecule has 1 N–H and O–H groups in total. The van der Waals surface area contributed by atoms with Crippen molar-refractivity contribution in [2.24, 2.45) is 0 Å². The molecule has 0 amide bonds. The highest BCUT2D eigenvalue weighted by molar-refractivity contribution is 6.39. The summed E-state index contributed by atoms with van der Waals surface area (Å²) in [6, 6.07) is 3.10. The normalized spacial score (nSPS) is 11.9. The predicted octanol–water partition coefficient (Wildman–Crippen LogP) is 3.95. The second kappa shape index (κ2) is 6.42. The van der Waals surface area contributed by atoms with E-state index in [1.807, 2.05) is 0 Å². The molecule has 1 aromatic carbocycles. The molecule has 19 heavy (non-hydrogen) atoms. The van der Waals surface area contributed by atoms with Crippen molar-refractivity contribution in [2.45, 2.75) is 26.4 Å². The summed E-state index contributed by atoms with van der Waals surface area (Å²) < 4.78 is 5.26. The molecule has 0 aromatic heterocycles. The fourth-order valence-electron chi connectivity index (χ4n) is 1.38. The Morgan fingerprint density at radius 3 is 2.53 bits per heavy atom. The Morgan fingerprint density at radius 2 is 2.00 bits per heavy atom. The molecule has 0 saturated heterocycles. The summed E-state index contributed by atoms with van der Waals surface area (Å²) in [4.78, 5) is 12.0. The lowest BCUT2D eigenvalue weighted by molar-refractivity contribution is 0.00697. The monoisotopic (exact) mass is 302 g/mol. The number of esters is 1. The maximum Gasteiger partial charge on any atom is 0.340 e. The summed E-state index contributed by atoms with van der Waals surface area (Å²) in [7, 11) is 0. The molecule has 0 fully saturated rings. The Bertz CT molecular complexity index is 502. The van der Waals surface area contributed by atoms with Crippen LogP contribution in [0.15, 0.2) is 18.2 Å². The van der Waals surface area contributed by atoms with E-state index in [1.165, 1.54) is 12.1 Å². The molecule has 0 atom stereocenters. The van der Waals surface area contributed by atoms with Gasteiger partial charge in [-0.3, -0.25) is 0 Å². The number of ether oxygens (including phenoxy) is 1. The van der Waals surface area contributed by atoms with Crippen LogP contribution in [-0.4, -0.2) is 23.3 Å². The fraction of sp³-hybridized carbons (Fsp3) is 0.357. The number of hydrogen-bond acceptors (Lipinski definition) is 3. The maximum absolute atomic E-state index is 12.0. The average molecular weight is 303 g/mol. The maximum atomic E-state index is 12.0. The van der Waals surface area contributed by atoms with Gasteiger partial charge < -0.3 is 9.84 Å². The van der Waals surface area contributed by atoms with E-state index in [0.717, 1.165) is 0 Å². The Morgan fingerprint density at radius 1 is 1.37 bits per heavy atom. The quantitative estimate of drug-likeness (QED) is 0.860. The highest BCUT2D eigenvalue weighted by atomic mass is 35.5. The van der Waals surface area contributed by atoms with E-state index in [4.69, 9.17) is 33.0 Å². The molecule has 0 unspecified atom stereocenters. The molecule has 0 aliphatic carbocycles. The van der Waals surface area contributed by atoms with Crippen LogP contribution in [0.25, 0.3) is 6.08 Å². The largest absolute Gasteiger partial charge is 0.456 e. The SMILES string of the molecule is CC(C)(C)OC(=O)c1ccc(Cl)c(/C=C/CO)c1Cl. The summed E-state index contributed by atoms with van der Waals surface area (Å²) in [6.07, 6.45) is 3.06. The van der Waals surface area contributed by atoms with E-state index in [1.54, 1.807) is 32.9 Å². The van der Waals surface area contributed by atoms with Crippen molar-refractivity contribution in [3.8, 4) is 0 Å². The molecule has 0 saturated carbocycles. The van der Waals surface area contributed by atoms with E-state index >= 15 is 0 Å². The van der Waals surface area contributed by atoms with Gasteiger partial charge in [-0.05, 0) is 32.9 Å². The Labute approximate surface area is 122 Å². The van der Waals surface area contributed by atoms with Crippen LogP contribution in [0.2, 0.25) is 10.0 Å². The zero-order chi connectivity index (χ0) is 14.6. The highest BCUT2D eigenvalue weighted by Gasteiger charge is 2.21. The zero-order valence-electron chi connectivity index (χ0n) is 11.0. The molecule has 3 nitrogen and oxygen atoms in total. The molecule has 1 aromatic rings. The number of carbonyl (C=O) groups excluding carboxylic acids is 1. The molecule has 1 rings (SSSR count). The van der Waals surface area contributed by atoms with Crippen LogP contribution in [0.5, 0.6) is 0 Å². The molecule has 5 heteroatoms. The molecule has 0 heterocycles. The van der Waals surface area contributed by atoms with Crippen LogP contribution < -0.4 is 0 Å². The van der Waals surface area contributed by atoms with Crippen molar-refractivity contribution in [3.63, 3.8) is 0 Å². The van der Waals surface area contributed by atoms with Gasteiger partial charge in [-0.2, -0.15) is 0 Å². The van der Waals surface area contributed by atoms with Gasteiger partial charge in [0, 0.05) is 10.6 Å². The zero-order valence-corrected chi connectivity index (χ0v) is 12.5.